The van der Waals surface area contributed by atoms with Crippen LogP contribution in [0.4, 0.5) is 0 Å². The molecule has 0 saturated heterocycles. The van der Waals surface area contributed by atoms with Crippen molar-refractivity contribution >= 4 is 17.7 Å². The Morgan fingerprint density at radius 3 is 2.23 bits per heavy atom. The number of hydrogen-bond donors (Lipinski definition) is 0. The van der Waals surface area contributed by atoms with Crippen LogP contribution in [0.5, 0.6) is 0 Å². The standard InChI is InChI=1S/C22H26/c1-8-19-16(5)10-9-11-20(19)18(7)21-13-12-15(4)17(6)22(21)14(2)3/h9-13H,6-8H2,1-5H3. The molecule has 0 bridgehead atoms. The molecule has 0 atom stereocenters. The average molecular weight is 290 g/mol. The highest BCUT2D eigenvalue weighted by molar-refractivity contribution is 5.81. The first-order valence-corrected chi connectivity index (χ1v) is 7.92. The SMILES string of the molecule is C=C(c1cccc(C)c1CC)c1ccc(C)c(=C)c1=C(C)C. The number of aryl methyl sites for hydroxylation is 2. The van der Waals surface area contributed by atoms with Gasteiger partial charge in [-0.1, -0.05) is 56.0 Å². The monoisotopic (exact) mass is 290 g/mol. The Morgan fingerprint density at radius 1 is 0.955 bits per heavy atom. The summed E-state index contributed by atoms with van der Waals surface area (Å²) in [6, 6.07) is 10.8. The first-order chi connectivity index (χ1) is 10.4. The third-order valence-electron chi connectivity index (χ3n) is 4.46. The summed E-state index contributed by atoms with van der Waals surface area (Å²) in [4.78, 5) is 0. The maximum atomic E-state index is 4.42. The molecule has 0 fully saturated rings. The summed E-state index contributed by atoms with van der Waals surface area (Å²) in [6.07, 6.45) is 1.02. The van der Waals surface area contributed by atoms with Crippen LogP contribution in [0.1, 0.15) is 48.6 Å². The van der Waals surface area contributed by atoms with Crippen LogP contribution in [0.25, 0.3) is 17.7 Å². The Morgan fingerprint density at radius 2 is 1.64 bits per heavy atom. The molecule has 0 saturated carbocycles. The normalized spacial score (nSPS) is 10.6. The van der Waals surface area contributed by atoms with Gasteiger partial charge in [-0.2, -0.15) is 0 Å². The minimum absolute atomic E-state index is 1.02. The van der Waals surface area contributed by atoms with E-state index in [1.54, 1.807) is 0 Å². The molecule has 0 nitrogen and oxygen atoms in total. The molecule has 2 aromatic rings. The lowest BCUT2D eigenvalue weighted by atomic mass is 9.89. The highest BCUT2D eigenvalue weighted by atomic mass is 14.2. The molecule has 0 heterocycles. The zero-order valence-corrected chi connectivity index (χ0v) is 14.5. The predicted molar refractivity (Wildman–Crippen MR) is 99.4 cm³/mol. The van der Waals surface area contributed by atoms with E-state index in [0.29, 0.717) is 0 Å². The van der Waals surface area contributed by atoms with Gasteiger partial charge in [-0.05, 0) is 77.9 Å². The third-order valence-corrected chi connectivity index (χ3v) is 4.46. The van der Waals surface area contributed by atoms with Gasteiger partial charge in [0.05, 0.1) is 0 Å². The van der Waals surface area contributed by atoms with Gasteiger partial charge in [0.15, 0.2) is 0 Å². The van der Waals surface area contributed by atoms with Gasteiger partial charge in [-0.15, -0.1) is 0 Å². The van der Waals surface area contributed by atoms with Gasteiger partial charge >= 0.3 is 0 Å². The van der Waals surface area contributed by atoms with Gasteiger partial charge in [-0.3, -0.25) is 0 Å². The topological polar surface area (TPSA) is 0 Å². The molecule has 114 valence electrons. The zero-order valence-electron chi connectivity index (χ0n) is 14.5. The van der Waals surface area contributed by atoms with Crippen molar-refractivity contribution in [2.45, 2.75) is 41.0 Å². The summed E-state index contributed by atoms with van der Waals surface area (Å²) in [5, 5.41) is 2.36. The quantitative estimate of drug-likeness (QED) is 0.779. The summed E-state index contributed by atoms with van der Waals surface area (Å²) in [5.74, 6) is 0. The maximum Gasteiger partial charge on any atom is -0.0106 e. The molecule has 0 aliphatic heterocycles. The van der Waals surface area contributed by atoms with Crippen molar-refractivity contribution in [3.05, 3.63) is 75.2 Å². The van der Waals surface area contributed by atoms with Gasteiger partial charge in [0.2, 0.25) is 0 Å². The highest BCUT2D eigenvalue weighted by Gasteiger charge is 2.11. The van der Waals surface area contributed by atoms with Crippen LogP contribution in [0.3, 0.4) is 0 Å². The van der Waals surface area contributed by atoms with E-state index < -0.39 is 0 Å². The van der Waals surface area contributed by atoms with Crippen molar-refractivity contribution in [3.63, 3.8) is 0 Å². The van der Waals surface area contributed by atoms with Gasteiger partial charge in [-0.25, -0.2) is 0 Å². The summed E-state index contributed by atoms with van der Waals surface area (Å²) in [5.41, 5.74) is 8.80. The van der Waals surface area contributed by atoms with Crippen LogP contribution in [-0.2, 0) is 6.42 Å². The van der Waals surface area contributed by atoms with Crippen molar-refractivity contribution in [1.82, 2.24) is 0 Å². The molecule has 0 aliphatic rings. The Kier molecular flexibility index (Phi) is 4.71. The molecule has 22 heavy (non-hydrogen) atoms. The van der Waals surface area contributed by atoms with Crippen LogP contribution >= 0.6 is 0 Å². The Bertz CT molecular complexity index is 831. The van der Waals surface area contributed by atoms with E-state index in [0.717, 1.165) is 17.2 Å². The van der Waals surface area contributed by atoms with Crippen molar-refractivity contribution in [2.75, 3.05) is 0 Å². The molecular formula is C22H26. The molecule has 0 radical (unpaired) electrons. The molecular weight excluding hydrogens is 264 g/mol. The summed E-state index contributed by atoms with van der Waals surface area (Å²) >= 11 is 0. The zero-order chi connectivity index (χ0) is 16.4. The van der Waals surface area contributed by atoms with Crippen LogP contribution < -0.4 is 10.4 Å². The largest absolute Gasteiger partial charge is 0.0909 e. The predicted octanol–water partition coefficient (Wildman–Crippen LogP) is 4.53. The fourth-order valence-electron chi connectivity index (χ4n) is 3.17. The lowest BCUT2D eigenvalue weighted by molar-refractivity contribution is 1.10. The lowest BCUT2D eigenvalue weighted by Crippen LogP contribution is -2.31. The van der Waals surface area contributed by atoms with E-state index in [9.17, 15) is 0 Å². The Hall–Kier alpha value is -2.08. The van der Waals surface area contributed by atoms with Crippen molar-refractivity contribution < 1.29 is 0 Å². The molecule has 2 rings (SSSR count). The molecule has 0 N–H and O–H groups in total. The van der Waals surface area contributed by atoms with Crippen LogP contribution in [-0.4, -0.2) is 0 Å². The van der Waals surface area contributed by atoms with E-state index in [1.807, 2.05) is 0 Å². The fraction of sp³-hybridized carbons (Fsp3) is 0.273. The molecule has 0 unspecified atom stereocenters. The first-order valence-electron chi connectivity index (χ1n) is 7.92. The summed E-state index contributed by atoms with van der Waals surface area (Å²) in [7, 11) is 0. The van der Waals surface area contributed by atoms with Crippen molar-refractivity contribution in [3.8, 4) is 0 Å². The van der Waals surface area contributed by atoms with Gasteiger partial charge < -0.3 is 0 Å². The number of benzene rings is 2. The second-order valence-electron chi connectivity index (χ2n) is 6.22. The second kappa shape index (κ2) is 6.36. The van der Waals surface area contributed by atoms with E-state index in [-0.39, 0.29) is 0 Å². The van der Waals surface area contributed by atoms with E-state index in [1.165, 1.54) is 38.6 Å². The third kappa shape index (κ3) is 2.78. The van der Waals surface area contributed by atoms with E-state index >= 15 is 0 Å². The molecule has 0 amide bonds. The molecule has 0 heteroatoms. The Balaban J connectivity index is 2.78. The number of rotatable bonds is 3. The van der Waals surface area contributed by atoms with Crippen LogP contribution in [0.2, 0.25) is 0 Å². The average Bonchev–Trinajstić information content (AvgIpc) is 2.48. The van der Waals surface area contributed by atoms with Gasteiger partial charge in [0, 0.05) is 0 Å². The highest BCUT2D eigenvalue weighted by Crippen LogP contribution is 2.25. The summed E-state index contributed by atoms with van der Waals surface area (Å²) in [6.45, 7) is 19.5. The lowest BCUT2D eigenvalue weighted by Gasteiger charge is -2.15. The minimum atomic E-state index is 1.02. The van der Waals surface area contributed by atoms with Crippen molar-refractivity contribution in [2.24, 2.45) is 0 Å². The smallest absolute Gasteiger partial charge is 0.0106 e. The van der Waals surface area contributed by atoms with Crippen LogP contribution in [0.15, 0.2) is 36.9 Å². The molecule has 0 spiro atoms. The van der Waals surface area contributed by atoms with E-state index in [4.69, 9.17) is 0 Å². The number of hydrogen-bond acceptors (Lipinski definition) is 0. The first kappa shape index (κ1) is 16.3. The van der Waals surface area contributed by atoms with Gasteiger partial charge in [0.25, 0.3) is 0 Å². The minimum Gasteiger partial charge on any atom is -0.0909 e. The summed E-state index contributed by atoms with van der Waals surface area (Å²) < 4.78 is 0. The fourth-order valence-corrected chi connectivity index (χ4v) is 3.17. The molecule has 0 aromatic heterocycles. The van der Waals surface area contributed by atoms with Crippen LogP contribution in [0, 0.1) is 13.8 Å². The Labute approximate surface area is 134 Å². The molecule has 0 aliphatic carbocycles. The van der Waals surface area contributed by atoms with E-state index in [2.05, 4.69) is 78.1 Å². The second-order valence-corrected chi connectivity index (χ2v) is 6.22. The maximum absolute atomic E-state index is 4.42. The van der Waals surface area contributed by atoms with Crippen molar-refractivity contribution in [1.29, 1.82) is 0 Å². The van der Waals surface area contributed by atoms with Gasteiger partial charge in [0.1, 0.15) is 0 Å². The molecule has 2 aromatic carbocycles.